The van der Waals surface area contributed by atoms with Crippen LogP contribution in [0.4, 0.5) is 0 Å². The number of phosphoric ester groups is 1. The van der Waals surface area contributed by atoms with Crippen LogP contribution >= 0.6 is 7.82 Å². The van der Waals surface area contributed by atoms with Crippen LogP contribution in [0.15, 0.2) is 48.6 Å². The highest BCUT2D eigenvalue weighted by atomic mass is 31.2. The molecule has 0 aromatic rings. The minimum Gasteiger partial charge on any atom is -0.463 e. The summed E-state index contributed by atoms with van der Waals surface area (Å²) in [5.74, 6) is -0.735. The van der Waals surface area contributed by atoms with Crippen molar-refractivity contribution in [3.05, 3.63) is 48.6 Å². The molecule has 3 N–H and O–H groups in total. The second-order valence-corrected chi connectivity index (χ2v) is 10.6. The average molecular weight is 572 g/mol. The number of carbonyl (C=O) groups is 2. The van der Waals surface area contributed by atoms with Crippen LogP contribution in [-0.2, 0) is 27.9 Å². The van der Waals surface area contributed by atoms with Gasteiger partial charge in [0.2, 0.25) is 5.91 Å². The minimum atomic E-state index is -4.37. The fraction of sp³-hybridized carbons (Fsp3) is 0.655. The Morgan fingerprint density at radius 2 is 1.38 bits per heavy atom. The SMILES string of the molecule is CCCCC/C=C\C/C=C\C/C=C\C/C=C\CCCCCC(=O)OCC(O)COP(=O)(O)OCCNC(C)=O. The highest BCUT2D eigenvalue weighted by Gasteiger charge is 2.23. The van der Waals surface area contributed by atoms with E-state index in [2.05, 4.69) is 69.9 Å². The van der Waals surface area contributed by atoms with Gasteiger partial charge < -0.3 is 20.1 Å². The highest BCUT2D eigenvalue weighted by molar-refractivity contribution is 7.47. The van der Waals surface area contributed by atoms with Crippen molar-refractivity contribution in [1.82, 2.24) is 5.32 Å². The van der Waals surface area contributed by atoms with Crippen molar-refractivity contribution in [2.75, 3.05) is 26.4 Å². The number of amides is 1. The summed E-state index contributed by atoms with van der Waals surface area (Å²) in [6, 6.07) is 0. The van der Waals surface area contributed by atoms with Crippen molar-refractivity contribution in [3.63, 3.8) is 0 Å². The Kier molecular flexibility index (Phi) is 24.8. The normalized spacial score (nSPS) is 14.5. The number of rotatable bonds is 25. The van der Waals surface area contributed by atoms with Crippen molar-refractivity contribution in [2.24, 2.45) is 0 Å². The van der Waals surface area contributed by atoms with Crippen molar-refractivity contribution in [1.29, 1.82) is 0 Å². The van der Waals surface area contributed by atoms with E-state index in [0.717, 1.165) is 38.5 Å². The Hall–Kier alpha value is -2.03. The fourth-order valence-electron chi connectivity index (χ4n) is 3.18. The predicted octanol–water partition coefficient (Wildman–Crippen LogP) is 6.09. The van der Waals surface area contributed by atoms with E-state index in [9.17, 15) is 24.2 Å². The molecule has 0 aliphatic carbocycles. The van der Waals surface area contributed by atoms with Gasteiger partial charge in [0.25, 0.3) is 0 Å². The molecule has 1 amide bonds. The molecule has 0 saturated heterocycles. The Labute approximate surface area is 235 Å². The van der Waals surface area contributed by atoms with Gasteiger partial charge in [0.05, 0.1) is 13.2 Å². The molecule has 9 nitrogen and oxygen atoms in total. The molecule has 0 aromatic carbocycles. The first-order valence-corrected chi connectivity index (χ1v) is 15.6. The molecule has 0 radical (unpaired) electrons. The van der Waals surface area contributed by atoms with E-state index >= 15 is 0 Å². The standard InChI is InChI=1S/C29H50NO8P/c1-3-4-5-6-7-8-9-10-11-12-13-14-15-16-17-18-19-20-21-22-29(33)36-25-28(32)26-38-39(34,35)37-24-23-30-27(2)31/h7-8,10-11,13-14,16-17,28,32H,3-6,9,12,15,18-26H2,1-2H3,(H,30,31)(H,34,35)/b8-7-,11-10-,14-13-,17-16-. The number of hydrogen-bond acceptors (Lipinski definition) is 7. The zero-order chi connectivity index (χ0) is 29.0. The number of esters is 1. The quantitative estimate of drug-likeness (QED) is 0.0520. The predicted molar refractivity (Wildman–Crippen MR) is 155 cm³/mol. The number of allylic oxidation sites excluding steroid dienone is 8. The summed E-state index contributed by atoms with van der Waals surface area (Å²) in [4.78, 5) is 32.0. The van der Waals surface area contributed by atoms with Crippen LogP contribution in [0.25, 0.3) is 0 Å². The minimum absolute atomic E-state index is 0.0486. The maximum Gasteiger partial charge on any atom is 0.472 e. The molecule has 10 heteroatoms. The van der Waals surface area contributed by atoms with E-state index in [0.29, 0.717) is 6.42 Å². The van der Waals surface area contributed by atoms with Crippen molar-refractivity contribution in [3.8, 4) is 0 Å². The van der Waals surface area contributed by atoms with Crippen molar-refractivity contribution in [2.45, 2.75) is 97.0 Å². The Balaban J connectivity index is 3.67. The van der Waals surface area contributed by atoms with Crippen LogP contribution in [0.5, 0.6) is 0 Å². The van der Waals surface area contributed by atoms with Gasteiger partial charge in [0.1, 0.15) is 12.7 Å². The van der Waals surface area contributed by atoms with E-state index in [1.165, 1.54) is 32.6 Å². The first kappa shape index (κ1) is 37.0. The molecular formula is C29H50NO8P. The Morgan fingerprint density at radius 1 is 0.821 bits per heavy atom. The third-order valence-corrected chi connectivity index (χ3v) is 6.29. The molecule has 2 unspecified atom stereocenters. The lowest BCUT2D eigenvalue weighted by atomic mass is 10.1. The zero-order valence-corrected chi connectivity index (χ0v) is 24.7. The summed E-state index contributed by atoms with van der Waals surface area (Å²) in [6.07, 6.45) is 28.0. The molecule has 2 atom stereocenters. The molecule has 224 valence electrons. The number of unbranched alkanes of at least 4 members (excludes halogenated alkanes) is 6. The van der Waals surface area contributed by atoms with E-state index < -0.39 is 26.5 Å². The molecule has 0 fully saturated rings. The molecule has 0 rings (SSSR count). The first-order chi connectivity index (χ1) is 18.8. The second kappa shape index (κ2) is 26.2. The Bertz CT molecular complexity index is 794. The van der Waals surface area contributed by atoms with Gasteiger partial charge in [-0.05, 0) is 51.4 Å². The molecule has 39 heavy (non-hydrogen) atoms. The van der Waals surface area contributed by atoms with Gasteiger partial charge in [-0.25, -0.2) is 4.57 Å². The molecule has 0 bridgehead atoms. The van der Waals surface area contributed by atoms with Crippen molar-refractivity contribution < 1.29 is 37.9 Å². The largest absolute Gasteiger partial charge is 0.472 e. The summed E-state index contributed by atoms with van der Waals surface area (Å²) in [5, 5.41) is 12.2. The van der Waals surface area contributed by atoms with Crippen LogP contribution in [0.1, 0.15) is 90.9 Å². The van der Waals surface area contributed by atoms with Crippen LogP contribution in [0.3, 0.4) is 0 Å². The summed E-state index contributed by atoms with van der Waals surface area (Å²) in [7, 11) is -4.37. The lowest BCUT2D eigenvalue weighted by Gasteiger charge is -2.15. The fourth-order valence-corrected chi connectivity index (χ4v) is 3.94. The third-order valence-electron chi connectivity index (χ3n) is 5.31. The molecule has 0 aliphatic rings. The van der Waals surface area contributed by atoms with Gasteiger partial charge in [-0.15, -0.1) is 0 Å². The smallest absolute Gasteiger partial charge is 0.463 e. The van der Waals surface area contributed by atoms with Crippen LogP contribution in [0, 0.1) is 0 Å². The van der Waals surface area contributed by atoms with Gasteiger partial charge in [0, 0.05) is 19.9 Å². The molecule has 0 aromatic heterocycles. The maximum absolute atomic E-state index is 11.8. The van der Waals surface area contributed by atoms with Gasteiger partial charge in [-0.1, -0.05) is 74.8 Å². The number of phosphoric acid groups is 1. The second-order valence-electron chi connectivity index (χ2n) is 9.11. The average Bonchev–Trinajstić information content (AvgIpc) is 2.90. The van der Waals surface area contributed by atoms with Crippen LogP contribution < -0.4 is 5.32 Å². The van der Waals surface area contributed by atoms with Crippen LogP contribution in [-0.4, -0.2) is 54.3 Å². The van der Waals surface area contributed by atoms with E-state index in [1.807, 2.05) is 0 Å². The van der Waals surface area contributed by atoms with Gasteiger partial charge >= 0.3 is 13.8 Å². The van der Waals surface area contributed by atoms with E-state index in [-0.39, 0.29) is 32.1 Å². The molecule has 0 heterocycles. The zero-order valence-electron chi connectivity index (χ0n) is 23.8. The highest BCUT2D eigenvalue weighted by Crippen LogP contribution is 2.42. The number of carbonyl (C=O) groups excluding carboxylic acids is 2. The van der Waals surface area contributed by atoms with Gasteiger partial charge in [-0.2, -0.15) is 0 Å². The number of aliphatic hydroxyl groups excluding tert-OH is 1. The monoisotopic (exact) mass is 571 g/mol. The molecule has 0 saturated carbocycles. The molecular weight excluding hydrogens is 521 g/mol. The molecule has 0 spiro atoms. The maximum atomic E-state index is 11.8. The lowest BCUT2D eigenvalue weighted by Crippen LogP contribution is -2.25. The third kappa shape index (κ3) is 28.8. The summed E-state index contributed by atoms with van der Waals surface area (Å²) in [5.41, 5.74) is 0. The van der Waals surface area contributed by atoms with E-state index in [1.54, 1.807) is 0 Å². The summed E-state index contributed by atoms with van der Waals surface area (Å²) >= 11 is 0. The topological polar surface area (TPSA) is 131 Å². The molecule has 0 aliphatic heterocycles. The number of ether oxygens (including phenoxy) is 1. The number of nitrogens with one attached hydrogen (secondary N) is 1. The Morgan fingerprint density at radius 3 is 1.95 bits per heavy atom. The number of aliphatic hydroxyl groups is 1. The number of hydrogen-bond donors (Lipinski definition) is 3. The van der Waals surface area contributed by atoms with Crippen molar-refractivity contribution >= 4 is 19.7 Å². The lowest BCUT2D eigenvalue weighted by molar-refractivity contribution is -0.147. The van der Waals surface area contributed by atoms with E-state index in [4.69, 9.17) is 4.74 Å². The summed E-state index contributed by atoms with van der Waals surface area (Å²) < 4.78 is 25.9. The van der Waals surface area contributed by atoms with Crippen LogP contribution in [0.2, 0.25) is 0 Å². The van der Waals surface area contributed by atoms with Gasteiger partial charge in [-0.3, -0.25) is 18.6 Å². The first-order valence-electron chi connectivity index (χ1n) is 14.1. The summed E-state index contributed by atoms with van der Waals surface area (Å²) in [6.45, 7) is 2.48. The van der Waals surface area contributed by atoms with Gasteiger partial charge in [0.15, 0.2) is 0 Å².